The zero-order chi connectivity index (χ0) is 17.7. The van der Waals surface area contributed by atoms with Crippen molar-refractivity contribution in [2.24, 2.45) is 0 Å². The second kappa shape index (κ2) is 7.50. The SMILES string of the molecule is CCC(C)NS(=O)(=O)c1ccc(NCc2ccco2)c(C(=O)O)c1. The molecule has 130 valence electrons. The van der Waals surface area contributed by atoms with E-state index in [1.807, 2.05) is 6.92 Å². The summed E-state index contributed by atoms with van der Waals surface area (Å²) >= 11 is 0. The third-order valence-electron chi connectivity index (χ3n) is 3.53. The van der Waals surface area contributed by atoms with E-state index in [-0.39, 0.29) is 16.5 Å². The third kappa shape index (κ3) is 4.36. The second-order valence-corrected chi connectivity index (χ2v) is 7.09. The summed E-state index contributed by atoms with van der Waals surface area (Å²) in [4.78, 5) is 11.4. The van der Waals surface area contributed by atoms with Gasteiger partial charge >= 0.3 is 5.97 Å². The normalized spacial score (nSPS) is 12.8. The number of anilines is 1. The van der Waals surface area contributed by atoms with Gasteiger partial charge in [0.1, 0.15) is 5.76 Å². The summed E-state index contributed by atoms with van der Waals surface area (Å²) in [5.74, 6) is -0.570. The van der Waals surface area contributed by atoms with E-state index in [0.717, 1.165) is 6.07 Å². The minimum atomic E-state index is -3.76. The molecule has 1 aromatic heterocycles. The van der Waals surface area contributed by atoms with Crippen LogP contribution >= 0.6 is 0 Å². The first-order valence-corrected chi connectivity index (χ1v) is 8.97. The Kier molecular flexibility index (Phi) is 5.63. The van der Waals surface area contributed by atoms with Crippen LogP contribution in [0.5, 0.6) is 0 Å². The quantitative estimate of drug-likeness (QED) is 0.674. The van der Waals surface area contributed by atoms with Gasteiger partial charge in [0.15, 0.2) is 0 Å². The lowest BCUT2D eigenvalue weighted by molar-refractivity contribution is 0.0697. The first kappa shape index (κ1) is 18.0. The molecule has 0 saturated heterocycles. The second-order valence-electron chi connectivity index (χ2n) is 5.38. The van der Waals surface area contributed by atoms with Crippen molar-refractivity contribution < 1.29 is 22.7 Å². The van der Waals surface area contributed by atoms with E-state index in [1.165, 1.54) is 18.4 Å². The highest BCUT2D eigenvalue weighted by atomic mass is 32.2. The fraction of sp³-hybridized carbons (Fsp3) is 0.312. The molecule has 1 aromatic carbocycles. The smallest absolute Gasteiger partial charge is 0.337 e. The number of hydrogen-bond donors (Lipinski definition) is 3. The molecule has 0 bridgehead atoms. The Morgan fingerprint density at radius 3 is 2.67 bits per heavy atom. The maximum atomic E-state index is 12.3. The molecule has 8 heteroatoms. The molecule has 3 N–H and O–H groups in total. The molecule has 0 aliphatic rings. The number of carbonyl (C=O) groups is 1. The molecule has 2 rings (SSSR count). The minimum Gasteiger partial charge on any atom is -0.478 e. The molecule has 0 saturated carbocycles. The van der Waals surface area contributed by atoms with Crippen LogP contribution in [0.2, 0.25) is 0 Å². The van der Waals surface area contributed by atoms with E-state index in [9.17, 15) is 18.3 Å². The van der Waals surface area contributed by atoms with Gasteiger partial charge in [-0.2, -0.15) is 0 Å². The number of benzene rings is 1. The summed E-state index contributed by atoms with van der Waals surface area (Å²) in [6.45, 7) is 3.90. The molecule has 1 heterocycles. The topological polar surface area (TPSA) is 109 Å². The van der Waals surface area contributed by atoms with Crippen LogP contribution in [0.4, 0.5) is 5.69 Å². The first-order chi connectivity index (χ1) is 11.3. The molecule has 0 fully saturated rings. The maximum Gasteiger partial charge on any atom is 0.337 e. The Morgan fingerprint density at radius 1 is 1.33 bits per heavy atom. The Labute approximate surface area is 140 Å². The highest BCUT2D eigenvalue weighted by Crippen LogP contribution is 2.22. The molecule has 7 nitrogen and oxygen atoms in total. The van der Waals surface area contributed by atoms with Crippen LogP contribution in [0.15, 0.2) is 45.9 Å². The number of carboxylic acids is 1. The summed E-state index contributed by atoms with van der Waals surface area (Å²) in [6.07, 6.45) is 2.15. The Hall–Kier alpha value is -2.32. The van der Waals surface area contributed by atoms with Gasteiger partial charge in [-0.05, 0) is 43.7 Å². The van der Waals surface area contributed by atoms with Crippen LogP contribution in [0.1, 0.15) is 36.4 Å². The van der Waals surface area contributed by atoms with E-state index >= 15 is 0 Å². The number of furan rings is 1. The molecule has 0 aliphatic heterocycles. The van der Waals surface area contributed by atoms with Crippen molar-refractivity contribution in [1.82, 2.24) is 4.72 Å². The van der Waals surface area contributed by atoms with Gasteiger partial charge in [-0.1, -0.05) is 6.92 Å². The molecular formula is C16H20N2O5S. The summed E-state index contributed by atoms with van der Waals surface area (Å²) in [5, 5.41) is 12.3. The van der Waals surface area contributed by atoms with Crippen molar-refractivity contribution in [2.45, 2.75) is 37.8 Å². The average molecular weight is 352 g/mol. The van der Waals surface area contributed by atoms with Crippen molar-refractivity contribution >= 4 is 21.7 Å². The number of nitrogens with one attached hydrogen (secondary N) is 2. The van der Waals surface area contributed by atoms with Crippen molar-refractivity contribution in [2.75, 3.05) is 5.32 Å². The molecule has 1 unspecified atom stereocenters. The highest BCUT2D eigenvalue weighted by Gasteiger charge is 2.20. The highest BCUT2D eigenvalue weighted by molar-refractivity contribution is 7.89. The van der Waals surface area contributed by atoms with Crippen LogP contribution in [0.3, 0.4) is 0 Å². The van der Waals surface area contributed by atoms with Crippen molar-refractivity contribution in [1.29, 1.82) is 0 Å². The molecule has 1 atom stereocenters. The van der Waals surface area contributed by atoms with Crippen molar-refractivity contribution in [3.05, 3.63) is 47.9 Å². The van der Waals surface area contributed by atoms with Gasteiger partial charge < -0.3 is 14.8 Å². The zero-order valence-electron chi connectivity index (χ0n) is 13.4. The number of aromatic carboxylic acids is 1. The van der Waals surface area contributed by atoms with Gasteiger partial charge in [-0.15, -0.1) is 0 Å². The first-order valence-electron chi connectivity index (χ1n) is 7.49. The lowest BCUT2D eigenvalue weighted by atomic mass is 10.2. The van der Waals surface area contributed by atoms with Gasteiger partial charge in [0.05, 0.1) is 23.3 Å². The standard InChI is InChI=1S/C16H20N2O5S/c1-3-11(2)18-24(21,22)13-6-7-15(14(9-13)16(19)20)17-10-12-5-4-8-23-12/h4-9,11,17-18H,3,10H2,1-2H3,(H,19,20). The summed E-state index contributed by atoms with van der Waals surface area (Å²) in [5.41, 5.74) is 0.204. The van der Waals surface area contributed by atoms with Crippen LogP contribution in [-0.4, -0.2) is 25.5 Å². The zero-order valence-corrected chi connectivity index (χ0v) is 14.3. The van der Waals surface area contributed by atoms with Gasteiger partial charge in [-0.25, -0.2) is 17.9 Å². The van der Waals surface area contributed by atoms with Crippen molar-refractivity contribution in [3.63, 3.8) is 0 Å². The van der Waals surface area contributed by atoms with Crippen LogP contribution in [0, 0.1) is 0 Å². The van der Waals surface area contributed by atoms with Gasteiger partial charge in [0, 0.05) is 11.7 Å². The Bertz CT molecular complexity index is 800. The fourth-order valence-electron chi connectivity index (χ4n) is 2.03. The Balaban J connectivity index is 2.27. The predicted molar refractivity (Wildman–Crippen MR) is 89.5 cm³/mol. The number of hydrogen-bond acceptors (Lipinski definition) is 5. The van der Waals surface area contributed by atoms with Crippen molar-refractivity contribution in [3.8, 4) is 0 Å². The minimum absolute atomic E-state index is 0.0799. The van der Waals surface area contributed by atoms with E-state index in [1.54, 1.807) is 19.1 Å². The third-order valence-corrected chi connectivity index (χ3v) is 5.12. The lowest BCUT2D eigenvalue weighted by Crippen LogP contribution is -2.32. The number of carboxylic acid groups (broad SMARTS) is 1. The molecule has 24 heavy (non-hydrogen) atoms. The summed E-state index contributed by atoms with van der Waals surface area (Å²) in [6, 6.07) is 7.21. The van der Waals surface area contributed by atoms with Gasteiger partial charge in [0.25, 0.3) is 0 Å². The monoisotopic (exact) mass is 352 g/mol. The molecular weight excluding hydrogens is 332 g/mol. The van der Waals surface area contributed by atoms with E-state index in [2.05, 4.69) is 10.0 Å². The Morgan fingerprint density at radius 2 is 2.08 bits per heavy atom. The van der Waals surface area contributed by atoms with Crippen LogP contribution < -0.4 is 10.0 Å². The number of rotatable bonds is 8. The van der Waals surface area contributed by atoms with Gasteiger partial charge in [-0.3, -0.25) is 0 Å². The predicted octanol–water partition coefficient (Wildman–Crippen LogP) is 2.67. The van der Waals surface area contributed by atoms with E-state index < -0.39 is 16.0 Å². The lowest BCUT2D eigenvalue weighted by Gasteiger charge is -2.14. The van der Waals surface area contributed by atoms with E-state index in [0.29, 0.717) is 24.4 Å². The molecule has 2 aromatic rings. The number of sulfonamides is 1. The average Bonchev–Trinajstić information content (AvgIpc) is 3.05. The summed E-state index contributed by atoms with van der Waals surface area (Å²) < 4.78 is 32.3. The summed E-state index contributed by atoms with van der Waals surface area (Å²) in [7, 11) is -3.76. The van der Waals surface area contributed by atoms with E-state index in [4.69, 9.17) is 4.42 Å². The largest absolute Gasteiger partial charge is 0.478 e. The van der Waals surface area contributed by atoms with Gasteiger partial charge in [0.2, 0.25) is 10.0 Å². The maximum absolute atomic E-state index is 12.3. The van der Waals surface area contributed by atoms with Crippen LogP contribution in [0.25, 0.3) is 0 Å². The van der Waals surface area contributed by atoms with Crippen LogP contribution in [-0.2, 0) is 16.6 Å². The molecule has 0 amide bonds. The molecule has 0 spiro atoms. The molecule has 0 aliphatic carbocycles. The fourth-order valence-corrected chi connectivity index (χ4v) is 3.39. The molecule has 0 radical (unpaired) electrons.